The molecule has 1 aromatic rings. The summed E-state index contributed by atoms with van der Waals surface area (Å²) in [4.78, 5) is 3.94. The summed E-state index contributed by atoms with van der Waals surface area (Å²) in [6.45, 7) is 0.597. The van der Waals surface area contributed by atoms with Crippen molar-refractivity contribution in [3.8, 4) is 0 Å². The SMILES string of the molecule is NCCC/C(=N\O)c1cccnc1. The lowest BCUT2D eigenvalue weighted by Gasteiger charge is -2.01. The van der Waals surface area contributed by atoms with Crippen molar-refractivity contribution >= 4 is 5.71 Å². The molecular formula is C9H13N3O. The molecule has 0 atom stereocenters. The Morgan fingerprint density at radius 1 is 1.62 bits per heavy atom. The first-order valence-electron chi connectivity index (χ1n) is 4.20. The molecule has 0 amide bonds. The molecular weight excluding hydrogens is 166 g/mol. The minimum Gasteiger partial charge on any atom is -0.411 e. The zero-order valence-electron chi connectivity index (χ0n) is 7.35. The fourth-order valence-electron chi connectivity index (χ4n) is 1.06. The Balaban J connectivity index is 2.69. The van der Waals surface area contributed by atoms with E-state index >= 15 is 0 Å². The Morgan fingerprint density at radius 3 is 3.00 bits per heavy atom. The number of hydrogen-bond acceptors (Lipinski definition) is 4. The predicted octanol–water partition coefficient (Wildman–Crippen LogP) is 0.999. The molecule has 13 heavy (non-hydrogen) atoms. The largest absolute Gasteiger partial charge is 0.411 e. The summed E-state index contributed by atoms with van der Waals surface area (Å²) in [7, 11) is 0. The van der Waals surface area contributed by atoms with Crippen LogP contribution in [0.4, 0.5) is 0 Å². The van der Waals surface area contributed by atoms with Gasteiger partial charge in [0.1, 0.15) is 0 Å². The van der Waals surface area contributed by atoms with E-state index in [9.17, 15) is 0 Å². The highest BCUT2D eigenvalue weighted by molar-refractivity contribution is 5.99. The molecule has 0 aliphatic heterocycles. The van der Waals surface area contributed by atoms with E-state index in [4.69, 9.17) is 10.9 Å². The molecule has 0 unspecified atom stereocenters. The Kier molecular flexibility index (Phi) is 3.92. The Bertz CT molecular complexity index is 271. The van der Waals surface area contributed by atoms with Crippen LogP contribution >= 0.6 is 0 Å². The highest BCUT2D eigenvalue weighted by Gasteiger charge is 2.02. The molecule has 4 nitrogen and oxygen atoms in total. The van der Waals surface area contributed by atoms with E-state index < -0.39 is 0 Å². The van der Waals surface area contributed by atoms with Crippen molar-refractivity contribution in [3.05, 3.63) is 30.1 Å². The van der Waals surface area contributed by atoms with Crippen molar-refractivity contribution in [1.82, 2.24) is 4.98 Å². The fraction of sp³-hybridized carbons (Fsp3) is 0.333. The van der Waals surface area contributed by atoms with Crippen LogP contribution in [0.5, 0.6) is 0 Å². The van der Waals surface area contributed by atoms with Gasteiger partial charge in [-0.2, -0.15) is 0 Å². The summed E-state index contributed by atoms with van der Waals surface area (Å²) in [5.41, 5.74) is 6.84. The van der Waals surface area contributed by atoms with E-state index in [2.05, 4.69) is 10.1 Å². The van der Waals surface area contributed by atoms with Crippen LogP contribution in [0.25, 0.3) is 0 Å². The van der Waals surface area contributed by atoms with Gasteiger partial charge in [0.15, 0.2) is 0 Å². The number of oxime groups is 1. The summed E-state index contributed by atoms with van der Waals surface area (Å²) >= 11 is 0. The number of rotatable bonds is 4. The average Bonchev–Trinajstić information content (AvgIpc) is 2.21. The molecule has 0 aromatic carbocycles. The van der Waals surface area contributed by atoms with Gasteiger partial charge in [-0.3, -0.25) is 4.98 Å². The first-order valence-corrected chi connectivity index (χ1v) is 4.20. The minimum atomic E-state index is 0.597. The van der Waals surface area contributed by atoms with E-state index in [0.29, 0.717) is 18.7 Å². The molecule has 0 saturated carbocycles. The van der Waals surface area contributed by atoms with E-state index in [1.165, 1.54) is 0 Å². The molecule has 0 aliphatic carbocycles. The first kappa shape index (κ1) is 9.67. The summed E-state index contributed by atoms with van der Waals surface area (Å²) in [5.74, 6) is 0. The van der Waals surface area contributed by atoms with Crippen LogP contribution in [0, 0.1) is 0 Å². The van der Waals surface area contributed by atoms with Gasteiger partial charge in [0, 0.05) is 18.0 Å². The average molecular weight is 179 g/mol. The monoisotopic (exact) mass is 179 g/mol. The van der Waals surface area contributed by atoms with Crippen LogP contribution in [0.15, 0.2) is 29.7 Å². The topological polar surface area (TPSA) is 71.5 Å². The summed E-state index contributed by atoms with van der Waals surface area (Å²) in [6.07, 6.45) is 4.85. The standard InChI is InChI=1S/C9H13N3O/c10-5-1-4-9(12-13)8-3-2-6-11-7-8/h2-3,6-7,13H,1,4-5,10H2/b12-9+. The number of aromatic nitrogens is 1. The number of nitrogens with two attached hydrogens (primary N) is 1. The highest BCUT2D eigenvalue weighted by atomic mass is 16.4. The fourth-order valence-corrected chi connectivity index (χ4v) is 1.06. The third kappa shape index (κ3) is 2.83. The van der Waals surface area contributed by atoms with Gasteiger partial charge in [-0.15, -0.1) is 0 Å². The lowest BCUT2D eigenvalue weighted by atomic mass is 10.1. The third-order valence-corrected chi connectivity index (χ3v) is 1.73. The molecule has 0 aliphatic rings. The Morgan fingerprint density at radius 2 is 2.46 bits per heavy atom. The molecule has 3 N–H and O–H groups in total. The van der Waals surface area contributed by atoms with Crippen LogP contribution in [0.3, 0.4) is 0 Å². The summed E-state index contributed by atoms with van der Waals surface area (Å²) in [5, 5.41) is 11.9. The molecule has 0 radical (unpaired) electrons. The van der Waals surface area contributed by atoms with Gasteiger partial charge in [-0.25, -0.2) is 0 Å². The molecule has 1 heterocycles. The molecule has 1 rings (SSSR count). The van der Waals surface area contributed by atoms with Crippen molar-refractivity contribution in [1.29, 1.82) is 0 Å². The van der Waals surface area contributed by atoms with Crippen molar-refractivity contribution in [2.24, 2.45) is 10.9 Å². The van der Waals surface area contributed by atoms with Crippen LogP contribution in [-0.4, -0.2) is 22.4 Å². The van der Waals surface area contributed by atoms with Gasteiger partial charge in [-0.05, 0) is 31.5 Å². The zero-order chi connectivity index (χ0) is 9.52. The lowest BCUT2D eigenvalue weighted by Crippen LogP contribution is -2.06. The maximum Gasteiger partial charge on any atom is 0.0883 e. The van der Waals surface area contributed by atoms with Crippen molar-refractivity contribution in [3.63, 3.8) is 0 Å². The minimum absolute atomic E-state index is 0.597. The van der Waals surface area contributed by atoms with Gasteiger partial charge in [0.2, 0.25) is 0 Å². The summed E-state index contributed by atoms with van der Waals surface area (Å²) in [6, 6.07) is 3.67. The van der Waals surface area contributed by atoms with Crippen molar-refractivity contribution in [2.75, 3.05) is 6.54 Å². The van der Waals surface area contributed by atoms with Gasteiger partial charge >= 0.3 is 0 Å². The van der Waals surface area contributed by atoms with E-state index in [0.717, 1.165) is 12.0 Å². The van der Waals surface area contributed by atoms with Gasteiger partial charge in [-0.1, -0.05) is 5.16 Å². The number of hydrogen-bond donors (Lipinski definition) is 2. The van der Waals surface area contributed by atoms with E-state index in [1.807, 2.05) is 12.1 Å². The highest BCUT2D eigenvalue weighted by Crippen LogP contribution is 2.03. The Hall–Kier alpha value is -1.42. The second-order valence-corrected chi connectivity index (χ2v) is 2.68. The van der Waals surface area contributed by atoms with Gasteiger partial charge in [0.25, 0.3) is 0 Å². The van der Waals surface area contributed by atoms with Crippen molar-refractivity contribution in [2.45, 2.75) is 12.8 Å². The smallest absolute Gasteiger partial charge is 0.0883 e. The Labute approximate surface area is 77.1 Å². The van der Waals surface area contributed by atoms with E-state index in [1.54, 1.807) is 12.4 Å². The normalized spacial score (nSPS) is 11.6. The maximum atomic E-state index is 8.73. The molecule has 0 bridgehead atoms. The molecule has 70 valence electrons. The molecule has 4 heteroatoms. The lowest BCUT2D eigenvalue weighted by molar-refractivity contribution is 0.318. The van der Waals surface area contributed by atoms with Gasteiger partial charge in [0.05, 0.1) is 5.71 Å². The quantitative estimate of drug-likeness (QED) is 0.411. The van der Waals surface area contributed by atoms with Crippen molar-refractivity contribution < 1.29 is 5.21 Å². The second kappa shape index (κ2) is 5.27. The molecule has 0 fully saturated rings. The van der Waals surface area contributed by atoms with Crippen LogP contribution < -0.4 is 5.73 Å². The van der Waals surface area contributed by atoms with Crippen LogP contribution in [0.1, 0.15) is 18.4 Å². The predicted molar refractivity (Wildman–Crippen MR) is 50.8 cm³/mol. The first-order chi connectivity index (χ1) is 6.38. The number of nitrogens with zero attached hydrogens (tertiary/aromatic N) is 2. The maximum absolute atomic E-state index is 8.73. The zero-order valence-corrected chi connectivity index (χ0v) is 7.35. The van der Waals surface area contributed by atoms with E-state index in [-0.39, 0.29) is 0 Å². The molecule has 0 saturated heterocycles. The van der Waals surface area contributed by atoms with Gasteiger partial charge < -0.3 is 10.9 Å². The summed E-state index contributed by atoms with van der Waals surface area (Å²) < 4.78 is 0. The third-order valence-electron chi connectivity index (χ3n) is 1.73. The number of pyridine rings is 1. The van der Waals surface area contributed by atoms with Crippen LogP contribution in [0.2, 0.25) is 0 Å². The second-order valence-electron chi connectivity index (χ2n) is 2.68. The molecule has 1 aromatic heterocycles. The molecule has 0 spiro atoms. The van der Waals surface area contributed by atoms with Crippen LogP contribution in [-0.2, 0) is 0 Å².